The van der Waals surface area contributed by atoms with Gasteiger partial charge in [-0.25, -0.2) is 0 Å². The van der Waals surface area contributed by atoms with Gasteiger partial charge in [-0.1, -0.05) is 57.7 Å². The van der Waals surface area contributed by atoms with Gasteiger partial charge in [-0.2, -0.15) is 0 Å². The third kappa shape index (κ3) is 6.07. The van der Waals surface area contributed by atoms with Crippen molar-refractivity contribution in [1.82, 2.24) is 14.8 Å². The molecule has 0 aliphatic rings. The highest BCUT2D eigenvalue weighted by atomic mass is 32.2. The minimum absolute atomic E-state index is 0.0264. The number of amides is 1. The third-order valence-electron chi connectivity index (χ3n) is 4.30. The predicted molar refractivity (Wildman–Crippen MR) is 110 cm³/mol. The number of aromatic nitrogens is 3. The van der Waals surface area contributed by atoms with E-state index in [2.05, 4.69) is 61.4 Å². The number of para-hydroxylation sites is 1. The lowest BCUT2D eigenvalue weighted by Gasteiger charge is -2.20. The van der Waals surface area contributed by atoms with E-state index >= 15 is 0 Å². The summed E-state index contributed by atoms with van der Waals surface area (Å²) in [7, 11) is 1.69. The van der Waals surface area contributed by atoms with Crippen LogP contribution >= 0.6 is 11.8 Å². The Kier molecular flexibility index (Phi) is 8.31. The van der Waals surface area contributed by atoms with Crippen LogP contribution in [-0.4, -0.2) is 40.1 Å². The fourth-order valence-electron chi connectivity index (χ4n) is 2.89. The molecule has 0 spiro atoms. The number of rotatable bonds is 10. The summed E-state index contributed by atoms with van der Waals surface area (Å²) in [6, 6.07) is 6.25. The van der Waals surface area contributed by atoms with Gasteiger partial charge < -0.3 is 14.6 Å². The van der Waals surface area contributed by atoms with Crippen LogP contribution in [0.15, 0.2) is 29.7 Å². The van der Waals surface area contributed by atoms with E-state index in [0.29, 0.717) is 24.2 Å². The van der Waals surface area contributed by atoms with Crippen molar-refractivity contribution in [2.45, 2.75) is 57.7 Å². The second-order valence-corrected chi connectivity index (χ2v) is 8.05. The topological polar surface area (TPSA) is 69.0 Å². The Morgan fingerprint density at radius 1 is 1.22 bits per heavy atom. The van der Waals surface area contributed by atoms with Gasteiger partial charge in [0.2, 0.25) is 5.91 Å². The Morgan fingerprint density at radius 3 is 2.48 bits per heavy atom. The van der Waals surface area contributed by atoms with Gasteiger partial charge >= 0.3 is 0 Å². The molecule has 0 fully saturated rings. The molecule has 27 heavy (non-hydrogen) atoms. The largest absolute Gasteiger partial charge is 0.385 e. The molecule has 2 aromatic rings. The molecule has 0 saturated heterocycles. The maximum atomic E-state index is 12.6. The molecule has 1 heterocycles. The van der Waals surface area contributed by atoms with E-state index in [1.165, 1.54) is 22.9 Å². The summed E-state index contributed by atoms with van der Waals surface area (Å²) in [6.45, 7) is 10.0. The predicted octanol–water partition coefficient (Wildman–Crippen LogP) is 4.29. The molecule has 148 valence electrons. The number of thioether (sulfide) groups is 1. The average molecular weight is 391 g/mol. The quantitative estimate of drug-likeness (QED) is 0.484. The SMILES string of the molecule is COCCCn1cnnc1SCC(=O)Nc1c(C(C)C)cccc1C(C)C. The van der Waals surface area contributed by atoms with E-state index in [4.69, 9.17) is 4.74 Å². The van der Waals surface area contributed by atoms with Crippen LogP contribution in [0.5, 0.6) is 0 Å². The monoisotopic (exact) mass is 390 g/mol. The van der Waals surface area contributed by atoms with Gasteiger partial charge in [-0.15, -0.1) is 10.2 Å². The first-order valence-corrected chi connectivity index (χ1v) is 10.3. The molecule has 7 heteroatoms. The number of nitrogens with one attached hydrogen (secondary N) is 1. The average Bonchev–Trinajstić information content (AvgIpc) is 3.07. The van der Waals surface area contributed by atoms with E-state index in [1.54, 1.807) is 13.4 Å². The summed E-state index contributed by atoms with van der Waals surface area (Å²) < 4.78 is 7.04. The van der Waals surface area contributed by atoms with E-state index in [1.807, 2.05) is 4.57 Å². The Bertz CT molecular complexity index is 717. The van der Waals surface area contributed by atoms with Gasteiger partial charge in [-0.3, -0.25) is 4.79 Å². The molecule has 1 aromatic heterocycles. The first-order valence-electron chi connectivity index (χ1n) is 9.36. The highest BCUT2D eigenvalue weighted by Crippen LogP contribution is 2.32. The van der Waals surface area contributed by atoms with Crippen LogP contribution in [0.4, 0.5) is 5.69 Å². The van der Waals surface area contributed by atoms with E-state index in [9.17, 15) is 4.79 Å². The molecule has 0 saturated carbocycles. The summed E-state index contributed by atoms with van der Waals surface area (Å²) in [4.78, 5) is 12.6. The van der Waals surface area contributed by atoms with Crippen LogP contribution in [0, 0.1) is 0 Å². The Balaban J connectivity index is 2.04. The molecular formula is C20H30N4O2S. The van der Waals surface area contributed by atoms with Crippen molar-refractivity contribution in [3.8, 4) is 0 Å². The first kappa shape index (κ1) is 21.4. The smallest absolute Gasteiger partial charge is 0.234 e. The lowest BCUT2D eigenvalue weighted by atomic mass is 9.92. The van der Waals surface area contributed by atoms with Gasteiger partial charge in [-0.05, 0) is 29.4 Å². The third-order valence-corrected chi connectivity index (χ3v) is 5.28. The first-order chi connectivity index (χ1) is 12.9. The Labute approximate surface area is 166 Å². The van der Waals surface area contributed by atoms with Crippen LogP contribution in [0.25, 0.3) is 0 Å². The molecule has 2 rings (SSSR count). The number of ether oxygens (including phenoxy) is 1. The minimum Gasteiger partial charge on any atom is -0.385 e. The molecule has 0 radical (unpaired) electrons. The maximum absolute atomic E-state index is 12.6. The number of anilines is 1. The summed E-state index contributed by atoms with van der Waals surface area (Å²) >= 11 is 1.40. The zero-order chi connectivity index (χ0) is 19.8. The number of methoxy groups -OCH3 is 1. The fourth-order valence-corrected chi connectivity index (χ4v) is 3.63. The van der Waals surface area contributed by atoms with Crippen molar-refractivity contribution in [3.05, 3.63) is 35.7 Å². The van der Waals surface area contributed by atoms with Gasteiger partial charge in [0.15, 0.2) is 5.16 Å². The summed E-state index contributed by atoms with van der Waals surface area (Å²) in [5, 5.41) is 12.0. The Hall–Kier alpha value is -1.86. The van der Waals surface area contributed by atoms with Gasteiger partial charge in [0.1, 0.15) is 6.33 Å². The summed E-state index contributed by atoms with van der Waals surface area (Å²) in [5.41, 5.74) is 3.29. The van der Waals surface area contributed by atoms with Crippen molar-refractivity contribution < 1.29 is 9.53 Å². The van der Waals surface area contributed by atoms with Crippen LogP contribution in [-0.2, 0) is 16.1 Å². The molecular weight excluding hydrogens is 360 g/mol. The molecule has 0 bridgehead atoms. The summed E-state index contributed by atoms with van der Waals surface area (Å²) in [5.74, 6) is 0.958. The molecule has 0 unspecified atom stereocenters. The molecule has 1 aromatic carbocycles. The molecule has 0 aliphatic heterocycles. The standard InChI is InChI=1S/C20H30N4O2S/c1-14(2)16-8-6-9-17(15(3)4)19(16)22-18(25)12-27-20-23-21-13-24(20)10-7-11-26-5/h6,8-9,13-15H,7,10-12H2,1-5H3,(H,22,25). The van der Waals surface area contributed by atoms with Crippen LogP contribution < -0.4 is 5.32 Å². The van der Waals surface area contributed by atoms with Crippen molar-refractivity contribution in [1.29, 1.82) is 0 Å². The number of hydrogen-bond donors (Lipinski definition) is 1. The highest BCUT2D eigenvalue weighted by molar-refractivity contribution is 7.99. The molecule has 0 atom stereocenters. The van der Waals surface area contributed by atoms with Gasteiger partial charge in [0, 0.05) is 25.9 Å². The normalized spacial score (nSPS) is 11.4. The number of benzene rings is 1. The zero-order valence-corrected chi connectivity index (χ0v) is 17.7. The van der Waals surface area contributed by atoms with Gasteiger partial charge in [0.05, 0.1) is 5.75 Å². The fraction of sp³-hybridized carbons (Fsp3) is 0.550. The molecule has 1 amide bonds. The van der Waals surface area contributed by atoms with Crippen molar-refractivity contribution in [2.75, 3.05) is 24.8 Å². The second-order valence-electron chi connectivity index (χ2n) is 7.11. The van der Waals surface area contributed by atoms with Crippen molar-refractivity contribution in [2.24, 2.45) is 0 Å². The number of carbonyl (C=O) groups excluding carboxylic acids is 1. The van der Waals surface area contributed by atoms with E-state index in [-0.39, 0.29) is 5.91 Å². The van der Waals surface area contributed by atoms with Gasteiger partial charge in [0.25, 0.3) is 0 Å². The molecule has 1 N–H and O–H groups in total. The van der Waals surface area contributed by atoms with E-state index < -0.39 is 0 Å². The minimum atomic E-state index is -0.0264. The number of nitrogens with zero attached hydrogens (tertiary/aromatic N) is 3. The van der Waals surface area contributed by atoms with Crippen LogP contribution in [0.1, 0.15) is 57.1 Å². The lowest BCUT2D eigenvalue weighted by molar-refractivity contribution is -0.113. The zero-order valence-electron chi connectivity index (χ0n) is 16.9. The highest BCUT2D eigenvalue weighted by Gasteiger charge is 2.16. The van der Waals surface area contributed by atoms with Crippen molar-refractivity contribution >= 4 is 23.4 Å². The lowest BCUT2D eigenvalue weighted by Crippen LogP contribution is -2.18. The molecule has 6 nitrogen and oxygen atoms in total. The summed E-state index contributed by atoms with van der Waals surface area (Å²) in [6.07, 6.45) is 2.58. The number of carbonyl (C=O) groups is 1. The van der Waals surface area contributed by atoms with Crippen LogP contribution in [0.2, 0.25) is 0 Å². The molecule has 0 aliphatic carbocycles. The second kappa shape index (κ2) is 10.5. The Morgan fingerprint density at radius 2 is 1.89 bits per heavy atom. The van der Waals surface area contributed by atoms with Crippen molar-refractivity contribution in [3.63, 3.8) is 0 Å². The van der Waals surface area contributed by atoms with Crippen LogP contribution in [0.3, 0.4) is 0 Å². The number of aryl methyl sites for hydroxylation is 1. The van der Waals surface area contributed by atoms with E-state index in [0.717, 1.165) is 23.8 Å². The maximum Gasteiger partial charge on any atom is 0.234 e. The number of hydrogen-bond acceptors (Lipinski definition) is 5.